The van der Waals surface area contributed by atoms with Gasteiger partial charge in [-0.05, 0) is 74.4 Å². The number of amides is 1. The molecule has 1 atom stereocenters. The number of carbonyl (C=O) groups excluding carboxylic acids is 1. The van der Waals surface area contributed by atoms with E-state index in [0.29, 0.717) is 6.42 Å². The number of benzene rings is 2. The molecule has 1 aliphatic heterocycles. The fourth-order valence-corrected chi connectivity index (χ4v) is 4.37. The lowest BCUT2D eigenvalue weighted by Crippen LogP contribution is -2.31. The molecule has 1 aliphatic rings. The molecule has 3 rings (SSSR count). The first-order valence-electron chi connectivity index (χ1n) is 10.2. The molecule has 0 fully saturated rings. The fraction of sp³-hybridized carbons (Fsp3) is 0.480. The van der Waals surface area contributed by atoms with E-state index in [-0.39, 0.29) is 23.1 Å². The van der Waals surface area contributed by atoms with Gasteiger partial charge in [-0.15, -0.1) is 0 Å². The van der Waals surface area contributed by atoms with Crippen molar-refractivity contribution < 1.29 is 13.9 Å². The molecule has 1 N–H and O–H groups in total. The standard InChI is InChI=1S/C25H32FNO2/c1-14-15(2)23-20(16(3)22(14)27-19(28)13-24(4,5)6)21(25(7,8)29-23)17-9-11-18(26)12-10-17/h9-12,21H,13H2,1-8H3,(H,27,28). The number of carbonyl (C=O) groups is 1. The van der Waals surface area contributed by atoms with Gasteiger partial charge in [-0.25, -0.2) is 4.39 Å². The number of rotatable bonds is 3. The largest absolute Gasteiger partial charge is 0.486 e. The summed E-state index contributed by atoms with van der Waals surface area (Å²) in [5.41, 5.74) is 5.47. The Hall–Kier alpha value is -2.36. The van der Waals surface area contributed by atoms with E-state index in [1.54, 1.807) is 0 Å². The van der Waals surface area contributed by atoms with Crippen LogP contribution < -0.4 is 10.1 Å². The van der Waals surface area contributed by atoms with Crippen molar-refractivity contribution in [3.8, 4) is 5.75 Å². The van der Waals surface area contributed by atoms with Crippen molar-refractivity contribution in [3.05, 3.63) is 57.9 Å². The van der Waals surface area contributed by atoms with E-state index >= 15 is 0 Å². The Bertz CT molecular complexity index is 953. The van der Waals surface area contributed by atoms with Crippen molar-refractivity contribution in [2.75, 3.05) is 5.32 Å². The number of ether oxygens (including phenoxy) is 1. The Morgan fingerprint density at radius 3 is 2.21 bits per heavy atom. The van der Waals surface area contributed by atoms with Crippen LogP contribution in [-0.2, 0) is 4.79 Å². The van der Waals surface area contributed by atoms with Gasteiger partial charge in [-0.2, -0.15) is 0 Å². The monoisotopic (exact) mass is 397 g/mol. The highest BCUT2D eigenvalue weighted by Crippen LogP contribution is 2.53. The third-order valence-electron chi connectivity index (χ3n) is 5.81. The van der Waals surface area contributed by atoms with Crippen molar-refractivity contribution >= 4 is 11.6 Å². The molecule has 4 heteroatoms. The highest BCUT2D eigenvalue weighted by molar-refractivity contribution is 5.93. The first-order valence-corrected chi connectivity index (χ1v) is 10.2. The summed E-state index contributed by atoms with van der Waals surface area (Å²) >= 11 is 0. The van der Waals surface area contributed by atoms with Crippen LogP contribution in [0.2, 0.25) is 0 Å². The predicted molar refractivity (Wildman–Crippen MR) is 116 cm³/mol. The summed E-state index contributed by atoms with van der Waals surface area (Å²) in [5, 5.41) is 3.16. The van der Waals surface area contributed by atoms with E-state index in [0.717, 1.165) is 39.3 Å². The maximum Gasteiger partial charge on any atom is 0.224 e. The Kier molecular flexibility index (Phi) is 5.27. The van der Waals surface area contributed by atoms with Crippen LogP contribution in [0, 0.1) is 32.0 Å². The maximum atomic E-state index is 13.5. The van der Waals surface area contributed by atoms with E-state index in [9.17, 15) is 9.18 Å². The fourth-order valence-electron chi connectivity index (χ4n) is 4.37. The summed E-state index contributed by atoms with van der Waals surface area (Å²) in [6.45, 7) is 16.4. The highest BCUT2D eigenvalue weighted by Gasteiger charge is 2.45. The Morgan fingerprint density at radius 2 is 1.66 bits per heavy atom. The number of halogens is 1. The van der Waals surface area contributed by atoms with Crippen LogP contribution in [-0.4, -0.2) is 11.5 Å². The van der Waals surface area contributed by atoms with Crippen molar-refractivity contribution in [2.24, 2.45) is 5.41 Å². The Labute approximate surface area is 173 Å². The lowest BCUT2D eigenvalue weighted by atomic mass is 9.78. The Morgan fingerprint density at radius 1 is 1.07 bits per heavy atom. The first kappa shape index (κ1) is 21.4. The van der Waals surface area contributed by atoms with Gasteiger partial charge < -0.3 is 10.1 Å². The molecule has 1 amide bonds. The van der Waals surface area contributed by atoms with Crippen LogP contribution in [0.3, 0.4) is 0 Å². The summed E-state index contributed by atoms with van der Waals surface area (Å²) in [7, 11) is 0. The number of nitrogens with one attached hydrogen (secondary N) is 1. The zero-order chi connectivity index (χ0) is 21.7. The second kappa shape index (κ2) is 7.16. The maximum absolute atomic E-state index is 13.5. The SMILES string of the molecule is Cc1c(C)c2c(c(C)c1NC(=O)CC(C)(C)C)C(c1ccc(F)cc1)C(C)(C)O2. The summed E-state index contributed by atoms with van der Waals surface area (Å²) in [6, 6.07) is 6.64. The number of hydrogen-bond acceptors (Lipinski definition) is 2. The van der Waals surface area contributed by atoms with Crippen LogP contribution >= 0.6 is 0 Å². The summed E-state index contributed by atoms with van der Waals surface area (Å²) in [5.74, 6) is 0.598. The molecule has 0 saturated carbocycles. The highest BCUT2D eigenvalue weighted by atomic mass is 19.1. The van der Waals surface area contributed by atoms with Crippen LogP contribution in [0.4, 0.5) is 10.1 Å². The van der Waals surface area contributed by atoms with Gasteiger partial charge in [-0.1, -0.05) is 32.9 Å². The minimum absolute atomic E-state index is 0.0135. The molecule has 2 aromatic carbocycles. The molecule has 0 aromatic heterocycles. The molecule has 3 nitrogen and oxygen atoms in total. The molecule has 1 heterocycles. The van der Waals surface area contributed by atoms with Gasteiger partial charge >= 0.3 is 0 Å². The summed E-state index contributed by atoms with van der Waals surface area (Å²) < 4.78 is 19.9. The Balaban J connectivity index is 2.13. The molecule has 0 radical (unpaired) electrons. The minimum atomic E-state index is -0.476. The predicted octanol–water partition coefficient (Wildman–Crippen LogP) is 6.43. The third kappa shape index (κ3) is 4.03. The average Bonchev–Trinajstić information content (AvgIpc) is 2.87. The van der Waals surface area contributed by atoms with Crippen LogP contribution in [0.1, 0.15) is 74.8 Å². The zero-order valence-corrected chi connectivity index (χ0v) is 18.8. The number of anilines is 1. The molecule has 0 aliphatic carbocycles. The van der Waals surface area contributed by atoms with Crippen molar-refractivity contribution in [1.29, 1.82) is 0 Å². The second-order valence-corrected chi connectivity index (χ2v) is 9.97. The molecular weight excluding hydrogens is 365 g/mol. The molecule has 1 unspecified atom stereocenters. The average molecular weight is 398 g/mol. The third-order valence-corrected chi connectivity index (χ3v) is 5.81. The van der Waals surface area contributed by atoms with Crippen LogP contribution in [0.15, 0.2) is 24.3 Å². The van der Waals surface area contributed by atoms with E-state index < -0.39 is 5.60 Å². The molecule has 0 spiro atoms. The van der Waals surface area contributed by atoms with E-state index in [1.165, 1.54) is 12.1 Å². The number of fused-ring (bicyclic) bond motifs is 1. The van der Waals surface area contributed by atoms with Gasteiger partial charge in [0.25, 0.3) is 0 Å². The number of hydrogen-bond donors (Lipinski definition) is 1. The zero-order valence-electron chi connectivity index (χ0n) is 18.8. The molecule has 2 aromatic rings. The topological polar surface area (TPSA) is 38.3 Å². The van der Waals surface area contributed by atoms with Gasteiger partial charge in [0.15, 0.2) is 0 Å². The lowest BCUT2D eigenvalue weighted by Gasteiger charge is -2.27. The molecule has 29 heavy (non-hydrogen) atoms. The normalized spacial score (nSPS) is 17.6. The van der Waals surface area contributed by atoms with Gasteiger partial charge in [0.2, 0.25) is 5.91 Å². The van der Waals surface area contributed by atoms with Crippen molar-refractivity contribution in [3.63, 3.8) is 0 Å². The first-order chi connectivity index (χ1) is 13.3. The molecule has 0 bridgehead atoms. The van der Waals surface area contributed by atoms with E-state index in [2.05, 4.69) is 39.9 Å². The van der Waals surface area contributed by atoms with Crippen LogP contribution in [0.25, 0.3) is 0 Å². The smallest absolute Gasteiger partial charge is 0.224 e. The second-order valence-electron chi connectivity index (χ2n) is 9.97. The van der Waals surface area contributed by atoms with Gasteiger partial charge in [-0.3, -0.25) is 4.79 Å². The van der Waals surface area contributed by atoms with E-state index in [4.69, 9.17) is 4.74 Å². The lowest BCUT2D eigenvalue weighted by molar-refractivity contribution is -0.117. The van der Waals surface area contributed by atoms with Gasteiger partial charge in [0, 0.05) is 17.7 Å². The minimum Gasteiger partial charge on any atom is -0.486 e. The van der Waals surface area contributed by atoms with E-state index in [1.807, 2.05) is 32.9 Å². The molecule has 0 saturated heterocycles. The van der Waals surface area contributed by atoms with Gasteiger partial charge in [0.05, 0.1) is 5.92 Å². The summed E-state index contributed by atoms with van der Waals surface area (Å²) in [4.78, 5) is 12.7. The molecular formula is C25H32FNO2. The van der Waals surface area contributed by atoms with Crippen LogP contribution in [0.5, 0.6) is 5.75 Å². The summed E-state index contributed by atoms with van der Waals surface area (Å²) in [6.07, 6.45) is 0.450. The van der Waals surface area contributed by atoms with Crippen molar-refractivity contribution in [2.45, 2.75) is 73.3 Å². The molecule has 156 valence electrons. The quantitative estimate of drug-likeness (QED) is 0.648. The van der Waals surface area contributed by atoms with Gasteiger partial charge in [0.1, 0.15) is 17.2 Å². The van der Waals surface area contributed by atoms with Crippen molar-refractivity contribution in [1.82, 2.24) is 0 Å².